The Hall–Kier alpha value is -3.20. The Morgan fingerprint density at radius 1 is 1.20 bits per heavy atom. The second-order valence-corrected chi connectivity index (χ2v) is 7.19. The molecule has 9 nitrogen and oxygen atoms in total. The number of rotatable bonds is 8. The van der Waals surface area contributed by atoms with E-state index in [1.54, 1.807) is 4.90 Å². The van der Waals surface area contributed by atoms with Gasteiger partial charge in [-0.3, -0.25) is 14.6 Å². The van der Waals surface area contributed by atoms with Crippen molar-refractivity contribution in [3.8, 4) is 11.5 Å². The Bertz CT molecular complexity index is 886. The van der Waals surface area contributed by atoms with E-state index >= 15 is 0 Å². The Kier molecular flexibility index (Phi) is 6.38. The zero-order valence-electron chi connectivity index (χ0n) is 16.6. The number of hydrogen-bond donors (Lipinski definition) is 1. The first-order chi connectivity index (χ1) is 14.7. The Balaban J connectivity index is 1.31. The van der Waals surface area contributed by atoms with Crippen molar-refractivity contribution in [1.29, 1.82) is 0 Å². The number of nitrogens with one attached hydrogen (secondary N) is 1. The average Bonchev–Trinajstić information content (AvgIpc) is 3.46. The predicted octanol–water partition coefficient (Wildman–Crippen LogP) is 1.53. The van der Waals surface area contributed by atoms with E-state index in [2.05, 4.69) is 15.3 Å². The van der Waals surface area contributed by atoms with E-state index in [0.717, 1.165) is 18.4 Å². The largest absolute Gasteiger partial charge is 0.454 e. The summed E-state index contributed by atoms with van der Waals surface area (Å²) >= 11 is 0. The SMILES string of the molecule is O=C(CCN(CC1CCCO1)C(=O)c1cnccn1)NCc1ccc2c(c1)OCO2. The van der Waals surface area contributed by atoms with Gasteiger partial charge in [0.25, 0.3) is 5.91 Å². The van der Waals surface area contributed by atoms with E-state index in [1.165, 1.54) is 18.6 Å². The number of carbonyl (C=O) groups is 2. The molecular weight excluding hydrogens is 388 g/mol. The highest BCUT2D eigenvalue weighted by atomic mass is 16.7. The van der Waals surface area contributed by atoms with Crippen LogP contribution in [-0.2, 0) is 16.1 Å². The summed E-state index contributed by atoms with van der Waals surface area (Å²) in [4.78, 5) is 34.9. The van der Waals surface area contributed by atoms with Crippen LogP contribution in [0.15, 0.2) is 36.8 Å². The molecule has 0 bridgehead atoms. The summed E-state index contributed by atoms with van der Waals surface area (Å²) in [6.45, 7) is 2.01. The van der Waals surface area contributed by atoms with Crippen LogP contribution in [0.4, 0.5) is 0 Å². The molecule has 2 amide bonds. The smallest absolute Gasteiger partial charge is 0.274 e. The molecule has 3 heterocycles. The number of carbonyl (C=O) groups excluding carboxylic acids is 2. The molecule has 0 radical (unpaired) electrons. The highest BCUT2D eigenvalue weighted by Crippen LogP contribution is 2.32. The van der Waals surface area contributed by atoms with Crippen molar-refractivity contribution in [3.63, 3.8) is 0 Å². The third kappa shape index (κ3) is 5.04. The molecule has 0 aliphatic carbocycles. The van der Waals surface area contributed by atoms with E-state index in [-0.39, 0.29) is 43.4 Å². The van der Waals surface area contributed by atoms with Crippen molar-refractivity contribution in [2.24, 2.45) is 0 Å². The lowest BCUT2D eigenvalue weighted by Crippen LogP contribution is -2.40. The lowest BCUT2D eigenvalue weighted by atomic mass is 10.2. The van der Waals surface area contributed by atoms with Crippen LogP contribution in [-0.4, -0.2) is 59.3 Å². The molecule has 4 rings (SSSR count). The number of nitrogens with zero attached hydrogens (tertiary/aromatic N) is 3. The van der Waals surface area contributed by atoms with Crippen LogP contribution in [0.25, 0.3) is 0 Å². The summed E-state index contributed by atoms with van der Waals surface area (Å²) in [5, 5.41) is 2.89. The van der Waals surface area contributed by atoms with Gasteiger partial charge in [-0.05, 0) is 30.5 Å². The van der Waals surface area contributed by atoms with Crippen molar-refractivity contribution in [3.05, 3.63) is 48.0 Å². The quantitative estimate of drug-likeness (QED) is 0.701. The number of amides is 2. The van der Waals surface area contributed by atoms with Gasteiger partial charge in [-0.1, -0.05) is 6.07 Å². The van der Waals surface area contributed by atoms with Crippen LogP contribution >= 0.6 is 0 Å². The van der Waals surface area contributed by atoms with E-state index < -0.39 is 0 Å². The second kappa shape index (κ2) is 9.53. The zero-order chi connectivity index (χ0) is 20.8. The third-order valence-corrected chi connectivity index (χ3v) is 5.05. The number of aromatic nitrogens is 2. The number of hydrogen-bond acceptors (Lipinski definition) is 7. The molecule has 1 aromatic heterocycles. The van der Waals surface area contributed by atoms with Crippen LogP contribution in [0.2, 0.25) is 0 Å². The molecule has 2 aliphatic heterocycles. The second-order valence-electron chi connectivity index (χ2n) is 7.19. The molecule has 2 aliphatic rings. The monoisotopic (exact) mass is 412 g/mol. The summed E-state index contributed by atoms with van der Waals surface area (Å²) in [5.41, 5.74) is 1.18. The molecule has 1 N–H and O–H groups in total. The molecule has 1 atom stereocenters. The number of benzene rings is 1. The minimum Gasteiger partial charge on any atom is -0.454 e. The summed E-state index contributed by atoms with van der Waals surface area (Å²) in [5.74, 6) is 0.996. The van der Waals surface area contributed by atoms with Gasteiger partial charge in [0.2, 0.25) is 12.7 Å². The van der Waals surface area contributed by atoms with Crippen molar-refractivity contribution in [2.75, 3.05) is 26.5 Å². The lowest BCUT2D eigenvalue weighted by Gasteiger charge is -2.25. The minimum absolute atomic E-state index is 0.0117. The van der Waals surface area contributed by atoms with Crippen molar-refractivity contribution >= 4 is 11.8 Å². The molecule has 30 heavy (non-hydrogen) atoms. The maximum Gasteiger partial charge on any atom is 0.274 e. The van der Waals surface area contributed by atoms with Crippen LogP contribution in [0.3, 0.4) is 0 Å². The van der Waals surface area contributed by atoms with Crippen molar-refractivity contribution in [1.82, 2.24) is 20.2 Å². The highest BCUT2D eigenvalue weighted by Gasteiger charge is 2.24. The maximum absolute atomic E-state index is 12.8. The normalized spacial score (nSPS) is 17.0. The first kappa shape index (κ1) is 20.1. The predicted molar refractivity (Wildman–Crippen MR) is 106 cm³/mol. The van der Waals surface area contributed by atoms with Gasteiger partial charge in [-0.25, -0.2) is 4.98 Å². The first-order valence-corrected chi connectivity index (χ1v) is 10.0. The topological polar surface area (TPSA) is 103 Å². The summed E-state index contributed by atoms with van der Waals surface area (Å²) in [7, 11) is 0. The maximum atomic E-state index is 12.8. The zero-order valence-corrected chi connectivity index (χ0v) is 16.6. The molecule has 0 spiro atoms. The van der Waals surface area contributed by atoms with Gasteiger partial charge in [0.1, 0.15) is 5.69 Å². The minimum atomic E-state index is -0.248. The molecular formula is C21H24N4O5. The van der Waals surface area contributed by atoms with Crippen molar-refractivity contribution in [2.45, 2.75) is 31.9 Å². The Labute approximate surface area is 174 Å². The van der Waals surface area contributed by atoms with Crippen LogP contribution in [0.5, 0.6) is 11.5 Å². The number of fused-ring (bicyclic) bond motifs is 1. The summed E-state index contributed by atoms with van der Waals surface area (Å²) < 4.78 is 16.3. The third-order valence-electron chi connectivity index (χ3n) is 5.05. The van der Waals surface area contributed by atoms with E-state index in [9.17, 15) is 9.59 Å². The molecule has 1 saturated heterocycles. The number of ether oxygens (including phenoxy) is 3. The molecule has 9 heteroatoms. The standard InChI is InChI=1S/C21H24N4O5/c26-20(24-11-15-3-4-18-19(10-15)30-14-29-18)5-8-25(13-16-2-1-9-28-16)21(27)17-12-22-6-7-23-17/h3-4,6-7,10,12,16H,1-2,5,8-9,11,13-14H2,(H,24,26). The van der Waals surface area contributed by atoms with Gasteiger partial charge in [0, 0.05) is 45.1 Å². The molecule has 1 fully saturated rings. The fourth-order valence-electron chi connectivity index (χ4n) is 3.46. The average molecular weight is 412 g/mol. The van der Waals surface area contributed by atoms with Gasteiger partial charge in [-0.15, -0.1) is 0 Å². The van der Waals surface area contributed by atoms with Gasteiger partial charge >= 0.3 is 0 Å². The molecule has 2 aromatic rings. The Morgan fingerprint density at radius 3 is 2.90 bits per heavy atom. The van der Waals surface area contributed by atoms with E-state index in [1.807, 2.05) is 18.2 Å². The first-order valence-electron chi connectivity index (χ1n) is 10.0. The van der Waals surface area contributed by atoms with Gasteiger partial charge < -0.3 is 24.4 Å². The Morgan fingerprint density at radius 2 is 2.10 bits per heavy atom. The summed E-state index contributed by atoms with van der Waals surface area (Å²) in [6.07, 6.45) is 6.49. The molecule has 0 saturated carbocycles. The summed E-state index contributed by atoms with van der Waals surface area (Å²) in [6, 6.07) is 5.56. The molecule has 1 unspecified atom stereocenters. The molecule has 158 valence electrons. The van der Waals surface area contributed by atoms with Crippen LogP contribution in [0.1, 0.15) is 35.3 Å². The van der Waals surface area contributed by atoms with Gasteiger partial charge in [0.15, 0.2) is 11.5 Å². The fourth-order valence-corrected chi connectivity index (χ4v) is 3.46. The lowest BCUT2D eigenvalue weighted by molar-refractivity contribution is -0.121. The van der Waals surface area contributed by atoms with Crippen molar-refractivity contribution < 1.29 is 23.8 Å². The molecule has 1 aromatic carbocycles. The fraction of sp³-hybridized carbons (Fsp3) is 0.429. The van der Waals surface area contributed by atoms with E-state index in [0.29, 0.717) is 31.2 Å². The highest BCUT2D eigenvalue weighted by molar-refractivity contribution is 5.92. The van der Waals surface area contributed by atoms with Gasteiger partial charge in [0.05, 0.1) is 12.3 Å². The van der Waals surface area contributed by atoms with Crippen LogP contribution in [0, 0.1) is 0 Å². The van der Waals surface area contributed by atoms with Crippen LogP contribution < -0.4 is 14.8 Å². The van der Waals surface area contributed by atoms with Gasteiger partial charge in [-0.2, -0.15) is 0 Å². The van der Waals surface area contributed by atoms with E-state index in [4.69, 9.17) is 14.2 Å².